The Morgan fingerprint density at radius 3 is 2.74 bits per heavy atom. The highest BCUT2D eigenvalue weighted by Gasteiger charge is 2.16. The molecule has 27 heavy (non-hydrogen) atoms. The Morgan fingerprint density at radius 2 is 2.00 bits per heavy atom. The van der Waals surface area contributed by atoms with E-state index in [0.717, 1.165) is 34.6 Å². The lowest BCUT2D eigenvalue weighted by Crippen LogP contribution is -2.39. The van der Waals surface area contributed by atoms with E-state index in [4.69, 9.17) is 0 Å². The first-order chi connectivity index (χ1) is 13.1. The standard InChI is InChI=1S/C20H24N2O3S2/c23-18(15-9-11-26-13-15)17-7-6-16(27-17)12-22-20(25)19(24)21-10-8-14-4-2-1-3-5-14/h4,6-7,9,11,13,18,23H,1-3,5,8,10,12H2,(H,21,24)(H,22,25)/t18-/m1/s1. The number of aliphatic hydroxyl groups excluding tert-OH is 1. The number of rotatable bonds is 7. The summed E-state index contributed by atoms with van der Waals surface area (Å²) in [4.78, 5) is 25.6. The first-order valence-corrected chi connectivity index (χ1v) is 10.9. The van der Waals surface area contributed by atoms with Crippen molar-refractivity contribution >= 4 is 34.5 Å². The molecule has 1 aliphatic carbocycles. The van der Waals surface area contributed by atoms with Gasteiger partial charge >= 0.3 is 11.8 Å². The van der Waals surface area contributed by atoms with E-state index in [9.17, 15) is 14.7 Å². The maximum atomic E-state index is 11.9. The second kappa shape index (κ2) is 9.82. The van der Waals surface area contributed by atoms with Gasteiger partial charge < -0.3 is 15.7 Å². The molecule has 2 aromatic heterocycles. The summed E-state index contributed by atoms with van der Waals surface area (Å²) in [6.07, 6.45) is 7.08. The Morgan fingerprint density at radius 1 is 1.15 bits per heavy atom. The number of thiophene rings is 2. The maximum Gasteiger partial charge on any atom is 0.309 e. The Bertz CT molecular complexity index is 796. The molecular weight excluding hydrogens is 380 g/mol. The molecule has 3 rings (SSSR count). The molecule has 0 saturated heterocycles. The van der Waals surface area contributed by atoms with Crippen LogP contribution in [-0.4, -0.2) is 23.5 Å². The van der Waals surface area contributed by atoms with E-state index in [2.05, 4.69) is 16.7 Å². The van der Waals surface area contributed by atoms with Crippen LogP contribution in [0.5, 0.6) is 0 Å². The first-order valence-electron chi connectivity index (χ1n) is 9.16. The van der Waals surface area contributed by atoms with Crippen LogP contribution in [0.4, 0.5) is 0 Å². The van der Waals surface area contributed by atoms with Gasteiger partial charge in [-0.1, -0.05) is 11.6 Å². The smallest absolute Gasteiger partial charge is 0.309 e. The van der Waals surface area contributed by atoms with Crippen LogP contribution >= 0.6 is 22.7 Å². The van der Waals surface area contributed by atoms with Gasteiger partial charge in [0.05, 0.1) is 6.54 Å². The van der Waals surface area contributed by atoms with Crippen LogP contribution in [0.25, 0.3) is 0 Å². The van der Waals surface area contributed by atoms with E-state index >= 15 is 0 Å². The van der Waals surface area contributed by atoms with E-state index in [-0.39, 0.29) is 6.54 Å². The molecule has 5 nitrogen and oxygen atoms in total. The van der Waals surface area contributed by atoms with Crippen LogP contribution in [0.15, 0.2) is 40.6 Å². The molecule has 1 aliphatic rings. The number of nitrogens with one attached hydrogen (secondary N) is 2. The van der Waals surface area contributed by atoms with Gasteiger partial charge in [-0.25, -0.2) is 0 Å². The Balaban J connectivity index is 1.40. The fourth-order valence-electron chi connectivity index (χ4n) is 3.03. The third-order valence-corrected chi connectivity index (χ3v) is 6.40. The van der Waals surface area contributed by atoms with E-state index in [1.165, 1.54) is 29.8 Å². The number of carbonyl (C=O) groups is 2. The summed E-state index contributed by atoms with van der Waals surface area (Å²) in [6.45, 7) is 0.770. The van der Waals surface area contributed by atoms with Crippen molar-refractivity contribution in [2.75, 3.05) is 6.54 Å². The average Bonchev–Trinajstić information content (AvgIpc) is 3.38. The molecule has 2 amide bonds. The van der Waals surface area contributed by atoms with Crippen LogP contribution in [0.2, 0.25) is 0 Å². The topological polar surface area (TPSA) is 78.4 Å². The average molecular weight is 405 g/mol. The third kappa shape index (κ3) is 5.76. The number of hydrogen-bond acceptors (Lipinski definition) is 5. The second-order valence-corrected chi connectivity index (χ2v) is 8.54. The summed E-state index contributed by atoms with van der Waals surface area (Å²) < 4.78 is 0. The SMILES string of the molecule is O=C(NCCC1=CCCCC1)C(=O)NCc1ccc([C@H](O)c2ccsc2)s1. The minimum Gasteiger partial charge on any atom is -0.383 e. The summed E-state index contributed by atoms with van der Waals surface area (Å²) >= 11 is 2.97. The van der Waals surface area contributed by atoms with Gasteiger partial charge in [0.2, 0.25) is 0 Å². The number of hydrogen-bond donors (Lipinski definition) is 3. The minimum absolute atomic E-state index is 0.276. The van der Waals surface area contributed by atoms with Gasteiger partial charge in [0.25, 0.3) is 0 Å². The van der Waals surface area contributed by atoms with Gasteiger partial charge in [-0.15, -0.1) is 11.3 Å². The van der Waals surface area contributed by atoms with Crippen molar-refractivity contribution in [3.05, 3.63) is 55.9 Å². The van der Waals surface area contributed by atoms with Crippen molar-refractivity contribution in [1.82, 2.24) is 10.6 Å². The normalized spacial score (nSPS) is 15.1. The van der Waals surface area contributed by atoms with Crippen LogP contribution in [0.3, 0.4) is 0 Å². The first kappa shape index (κ1) is 19.8. The van der Waals surface area contributed by atoms with E-state index in [0.29, 0.717) is 6.54 Å². The van der Waals surface area contributed by atoms with Gasteiger partial charge in [0.15, 0.2) is 0 Å². The molecule has 1 atom stereocenters. The van der Waals surface area contributed by atoms with E-state index in [1.807, 2.05) is 29.0 Å². The molecule has 0 spiro atoms. The lowest BCUT2D eigenvalue weighted by molar-refractivity contribution is -0.139. The molecule has 0 aromatic carbocycles. The lowest BCUT2D eigenvalue weighted by Gasteiger charge is -2.12. The van der Waals surface area contributed by atoms with Crippen molar-refractivity contribution in [3.8, 4) is 0 Å². The van der Waals surface area contributed by atoms with Crippen molar-refractivity contribution in [3.63, 3.8) is 0 Å². The van der Waals surface area contributed by atoms with Crippen molar-refractivity contribution < 1.29 is 14.7 Å². The molecule has 7 heteroatoms. The molecule has 0 fully saturated rings. The number of amides is 2. The summed E-state index contributed by atoms with van der Waals surface area (Å²) in [7, 11) is 0. The Hall–Kier alpha value is -1.96. The predicted octanol–water partition coefficient (Wildman–Crippen LogP) is 3.51. The highest BCUT2D eigenvalue weighted by atomic mass is 32.1. The maximum absolute atomic E-state index is 11.9. The van der Waals surface area contributed by atoms with Crippen LogP contribution in [0.1, 0.15) is 53.5 Å². The Kier molecular flexibility index (Phi) is 7.20. The minimum atomic E-state index is -0.650. The van der Waals surface area contributed by atoms with E-state index in [1.54, 1.807) is 11.3 Å². The van der Waals surface area contributed by atoms with Crippen molar-refractivity contribution in [2.24, 2.45) is 0 Å². The molecule has 0 unspecified atom stereocenters. The molecule has 0 bridgehead atoms. The Labute approximate surface area is 167 Å². The quantitative estimate of drug-likeness (QED) is 0.488. The number of allylic oxidation sites excluding steroid dienone is 1. The van der Waals surface area contributed by atoms with Crippen LogP contribution < -0.4 is 10.6 Å². The summed E-state index contributed by atoms with van der Waals surface area (Å²) in [5.41, 5.74) is 2.24. The summed E-state index contributed by atoms with van der Waals surface area (Å²) in [6, 6.07) is 5.61. The fraction of sp³-hybridized carbons (Fsp3) is 0.400. The van der Waals surface area contributed by atoms with Gasteiger partial charge in [0, 0.05) is 16.3 Å². The molecular formula is C20H24N2O3S2. The van der Waals surface area contributed by atoms with Gasteiger partial charge in [-0.2, -0.15) is 11.3 Å². The highest BCUT2D eigenvalue weighted by molar-refractivity contribution is 7.12. The second-order valence-electron chi connectivity index (χ2n) is 6.56. The van der Waals surface area contributed by atoms with Crippen LogP contribution in [0, 0.1) is 0 Å². The van der Waals surface area contributed by atoms with Crippen LogP contribution in [-0.2, 0) is 16.1 Å². The monoisotopic (exact) mass is 404 g/mol. The molecule has 2 aromatic rings. The lowest BCUT2D eigenvalue weighted by atomic mass is 9.97. The third-order valence-electron chi connectivity index (χ3n) is 4.56. The zero-order chi connectivity index (χ0) is 19.1. The zero-order valence-corrected chi connectivity index (χ0v) is 16.7. The van der Waals surface area contributed by atoms with Gasteiger partial charge in [-0.3, -0.25) is 9.59 Å². The zero-order valence-electron chi connectivity index (χ0n) is 15.1. The molecule has 2 heterocycles. The molecule has 0 aliphatic heterocycles. The van der Waals surface area contributed by atoms with Crippen molar-refractivity contribution in [2.45, 2.75) is 44.8 Å². The van der Waals surface area contributed by atoms with E-state index < -0.39 is 17.9 Å². The highest BCUT2D eigenvalue weighted by Crippen LogP contribution is 2.29. The molecule has 3 N–H and O–H groups in total. The summed E-state index contributed by atoms with van der Waals surface area (Å²) in [5.74, 6) is -1.22. The largest absolute Gasteiger partial charge is 0.383 e. The summed E-state index contributed by atoms with van der Waals surface area (Å²) in [5, 5.41) is 19.5. The van der Waals surface area contributed by atoms with Gasteiger partial charge in [-0.05, 0) is 66.6 Å². The fourth-order valence-corrected chi connectivity index (χ4v) is 4.67. The number of aliphatic hydroxyl groups is 1. The van der Waals surface area contributed by atoms with Gasteiger partial charge in [0.1, 0.15) is 6.10 Å². The number of carbonyl (C=O) groups excluding carboxylic acids is 2. The predicted molar refractivity (Wildman–Crippen MR) is 109 cm³/mol. The molecule has 0 saturated carbocycles. The molecule has 144 valence electrons. The molecule has 0 radical (unpaired) electrons. The van der Waals surface area contributed by atoms with Crippen molar-refractivity contribution in [1.29, 1.82) is 0 Å².